The van der Waals surface area contributed by atoms with Crippen LogP contribution in [0.1, 0.15) is 11.1 Å². The third-order valence-corrected chi connectivity index (χ3v) is 3.17. The summed E-state index contributed by atoms with van der Waals surface area (Å²) in [6.07, 6.45) is 1.70. The minimum absolute atomic E-state index is 0.713. The van der Waals surface area contributed by atoms with Gasteiger partial charge >= 0.3 is 0 Å². The Morgan fingerprint density at radius 2 is 2.31 bits per heavy atom. The molecule has 0 unspecified atom stereocenters. The summed E-state index contributed by atoms with van der Waals surface area (Å²) < 4.78 is 0. The zero-order valence-corrected chi connectivity index (χ0v) is 10.3. The number of nitrogen functional groups attached to an aromatic ring is 1. The first-order valence-corrected chi connectivity index (χ1v) is 6.05. The number of hydrogen-bond acceptors (Lipinski definition) is 4. The van der Waals surface area contributed by atoms with E-state index in [0.717, 1.165) is 17.9 Å². The number of pyridine rings is 1. The summed E-state index contributed by atoms with van der Waals surface area (Å²) in [5.41, 5.74) is 8.82. The molecule has 0 atom stereocenters. The molecule has 0 aliphatic rings. The molecule has 4 heteroatoms. The van der Waals surface area contributed by atoms with Gasteiger partial charge in [0.15, 0.2) is 0 Å². The smallest absolute Gasteiger partial charge is 0.131 e. The normalized spacial score (nSPS) is 10.4. The second-order valence-corrected chi connectivity index (χ2v) is 4.68. The van der Waals surface area contributed by atoms with Crippen molar-refractivity contribution < 1.29 is 0 Å². The number of thiophene rings is 1. The Kier molecular flexibility index (Phi) is 3.10. The lowest BCUT2D eigenvalue weighted by Crippen LogP contribution is -2.18. The fraction of sp³-hybridized carbons (Fsp3) is 0.250. The maximum atomic E-state index is 5.68. The van der Waals surface area contributed by atoms with Crippen LogP contribution in [0.5, 0.6) is 0 Å². The van der Waals surface area contributed by atoms with E-state index in [0.29, 0.717) is 5.69 Å². The molecule has 0 radical (unpaired) electrons. The monoisotopic (exact) mass is 233 g/mol. The second-order valence-electron chi connectivity index (χ2n) is 3.90. The molecule has 2 heterocycles. The number of anilines is 2. The molecule has 2 aromatic heterocycles. The molecule has 0 bridgehead atoms. The van der Waals surface area contributed by atoms with Crippen molar-refractivity contribution in [3.63, 3.8) is 0 Å². The summed E-state index contributed by atoms with van der Waals surface area (Å²) >= 11 is 1.72. The Morgan fingerprint density at radius 3 is 2.94 bits per heavy atom. The van der Waals surface area contributed by atoms with Crippen LogP contribution in [0.25, 0.3) is 0 Å². The van der Waals surface area contributed by atoms with E-state index in [-0.39, 0.29) is 0 Å². The molecule has 0 saturated carbocycles. The van der Waals surface area contributed by atoms with Crippen LogP contribution >= 0.6 is 11.3 Å². The van der Waals surface area contributed by atoms with Crippen LogP contribution in [0, 0.1) is 6.92 Å². The molecule has 16 heavy (non-hydrogen) atoms. The highest BCUT2D eigenvalue weighted by atomic mass is 32.1. The van der Waals surface area contributed by atoms with Gasteiger partial charge in [-0.15, -0.1) is 0 Å². The Labute approximate surface area is 99.5 Å². The third kappa shape index (κ3) is 2.33. The minimum atomic E-state index is 0.713. The Hall–Kier alpha value is -1.55. The van der Waals surface area contributed by atoms with Gasteiger partial charge in [-0.3, -0.25) is 0 Å². The number of aromatic nitrogens is 1. The van der Waals surface area contributed by atoms with Gasteiger partial charge in [0.05, 0.1) is 11.9 Å². The fourth-order valence-corrected chi connectivity index (χ4v) is 2.38. The van der Waals surface area contributed by atoms with Gasteiger partial charge in [-0.1, -0.05) is 0 Å². The SMILES string of the molecule is Cc1cc(N)cnc1N(C)Cc1ccsc1. The molecule has 0 fully saturated rings. The van der Waals surface area contributed by atoms with Crippen molar-refractivity contribution in [3.8, 4) is 0 Å². The van der Waals surface area contributed by atoms with E-state index in [1.165, 1.54) is 5.56 Å². The summed E-state index contributed by atoms with van der Waals surface area (Å²) in [7, 11) is 2.04. The lowest BCUT2D eigenvalue weighted by molar-refractivity contribution is 0.895. The highest BCUT2D eigenvalue weighted by Gasteiger charge is 2.07. The zero-order chi connectivity index (χ0) is 11.5. The van der Waals surface area contributed by atoms with Crippen molar-refractivity contribution in [2.24, 2.45) is 0 Å². The van der Waals surface area contributed by atoms with Crippen LogP contribution in [0.4, 0.5) is 11.5 Å². The van der Waals surface area contributed by atoms with Crippen LogP contribution in [0.2, 0.25) is 0 Å². The molecule has 0 spiro atoms. The van der Waals surface area contributed by atoms with Gasteiger partial charge in [0, 0.05) is 13.6 Å². The van der Waals surface area contributed by atoms with Crippen LogP contribution in [0.3, 0.4) is 0 Å². The largest absolute Gasteiger partial charge is 0.397 e. The molecule has 2 N–H and O–H groups in total. The third-order valence-electron chi connectivity index (χ3n) is 2.43. The van der Waals surface area contributed by atoms with E-state index in [9.17, 15) is 0 Å². The van der Waals surface area contributed by atoms with Gasteiger partial charge in [0.2, 0.25) is 0 Å². The Balaban J connectivity index is 2.17. The standard InChI is InChI=1S/C12H15N3S/c1-9-5-11(13)6-14-12(9)15(2)7-10-3-4-16-8-10/h3-6,8H,7,13H2,1-2H3. The lowest BCUT2D eigenvalue weighted by Gasteiger charge is -2.19. The van der Waals surface area contributed by atoms with Gasteiger partial charge in [-0.25, -0.2) is 4.98 Å². The predicted molar refractivity (Wildman–Crippen MR) is 69.8 cm³/mol. The average molecular weight is 233 g/mol. The first-order chi connectivity index (χ1) is 7.66. The van der Waals surface area contributed by atoms with Crippen molar-refractivity contribution in [1.29, 1.82) is 0 Å². The van der Waals surface area contributed by atoms with E-state index in [1.807, 2.05) is 20.0 Å². The number of hydrogen-bond donors (Lipinski definition) is 1. The van der Waals surface area contributed by atoms with Crippen molar-refractivity contribution in [3.05, 3.63) is 40.2 Å². The lowest BCUT2D eigenvalue weighted by atomic mass is 10.2. The first-order valence-electron chi connectivity index (χ1n) is 5.11. The topological polar surface area (TPSA) is 42.1 Å². The highest BCUT2D eigenvalue weighted by Crippen LogP contribution is 2.20. The molecule has 2 aromatic rings. The molecule has 3 nitrogen and oxygen atoms in total. The quantitative estimate of drug-likeness (QED) is 0.886. The van der Waals surface area contributed by atoms with Crippen molar-refractivity contribution >= 4 is 22.8 Å². The van der Waals surface area contributed by atoms with E-state index >= 15 is 0 Å². The molecule has 0 aliphatic heterocycles. The van der Waals surface area contributed by atoms with Crippen molar-refractivity contribution in [2.45, 2.75) is 13.5 Å². The van der Waals surface area contributed by atoms with E-state index < -0.39 is 0 Å². The van der Waals surface area contributed by atoms with Crippen LogP contribution in [-0.4, -0.2) is 12.0 Å². The number of nitrogens with two attached hydrogens (primary N) is 1. The molecule has 0 saturated heterocycles. The second kappa shape index (κ2) is 4.53. The van der Waals surface area contributed by atoms with Gasteiger partial charge in [-0.05, 0) is 40.9 Å². The van der Waals surface area contributed by atoms with Crippen LogP contribution < -0.4 is 10.6 Å². The Morgan fingerprint density at radius 1 is 1.50 bits per heavy atom. The fourth-order valence-electron chi connectivity index (χ4n) is 1.72. The summed E-state index contributed by atoms with van der Waals surface area (Å²) in [5.74, 6) is 0.986. The predicted octanol–water partition coefficient (Wildman–Crippen LogP) is 2.67. The summed E-state index contributed by atoms with van der Waals surface area (Å²) in [5, 5.41) is 4.25. The van der Waals surface area contributed by atoms with E-state index in [4.69, 9.17) is 5.73 Å². The average Bonchev–Trinajstić information content (AvgIpc) is 2.70. The molecular formula is C12H15N3S. The molecule has 0 aromatic carbocycles. The molecule has 84 valence electrons. The number of rotatable bonds is 3. The van der Waals surface area contributed by atoms with E-state index in [1.54, 1.807) is 17.5 Å². The van der Waals surface area contributed by atoms with Crippen LogP contribution in [0.15, 0.2) is 29.1 Å². The van der Waals surface area contributed by atoms with Crippen molar-refractivity contribution in [1.82, 2.24) is 4.98 Å². The molecular weight excluding hydrogens is 218 g/mol. The highest BCUT2D eigenvalue weighted by molar-refractivity contribution is 7.07. The minimum Gasteiger partial charge on any atom is -0.397 e. The molecule has 0 aliphatic carbocycles. The van der Waals surface area contributed by atoms with Gasteiger partial charge in [-0.2, -0.15) is 11.3 Å². The summed E-state index contributed by atoms with van der Waals surface area (Å²) in [4.78, 5) is 6.50. The van der Waals surface area contributed by atoms with Crippen LogP contribution in [-0.2, 0) is 6.54 Å². The zero-order valence-electron chi connectivity index (χ0n) is 9.47. The maximum absolute atomic E-state index is 5.68. The Bertz CT molecular complexity index is 465. The van der Waals surface area contributed by atoms with E-state index in [2.05, 4.69) is 26.7 Å². The number of aryl methyl sites for hydroxylation is 1. The first kappa shape index (κ1) is 11.0. The molecule has 0 amide bonds. The van der Waals surface area contributed by atoms with Crippen molar-refractivity contribution in [2.75, 3.05) is 17.7 Å². The molecule has 2 rings (SSSR count). The maximum Gasteiger partial charge on any atom is 0.131 e. The summed E-state index contributed by atoms with van der Waals surface area (Å²) in [6.45, 7) is 2.91. The number of nitrogens with zero attached hydrogens (tertiary/aromatic N) is 2. The van der Waals surface area contributed by atoms with Gasteiger partial charge in [0.25, 0.3) is 0 Å². The summed E-state index contributed by atoms with van der Waals surface area (Å²) in [6, 6.07) is 4.08. The van der Waals surface area contributed by atoms with Gasteiger partial charge < -0.3 is 10.6 Å². The van der Waals surface area contributed by atoms with Gasteiger partial charge in [0.1, 0.15) is 5.82 Å².